The Morgan fingerprint density at radius 2 is 2.17 bits per heavy atom. The van der Waals surface area contributed by atoms with Gasteiger partial charge in [-0.2, -0.15) is 0 Å². The highest BCUT2D eigenvalue weighted by molar-refractivity contribution is 9.10. The van der Waals surface area contributed by atoms with Gasteiger partial charge in [0.1, 0.15) is 5.82 Å². The van der Waals surface area contributed by atoms with Gasteiger partial charge in [-0.3, -0.25) is 9.78 Å². The second-order valence-electron chi connectivity index (χ2n) is 3.71. The second kappa shape index (κ2) is 5.27. The number of aromatic nitrogens is 1. The summed E-state index contributed by atoms with van der Waals surface area (Å²) in [6.45, 7) is 1.75. The number of amides is 1. The van der Waals surface area contributed by atoms with Crippen molar-refractivity contribution in [2.45, 2.75) is 6.92 Å². The second-order valence-corrected chi connectivity index (χ2v) is 4.57. The molecule has 0 fully saturated rings. The molecule has 0 saturated carbocycles. The van der Waals surface area contributed by atoms with Gasteiger partial charge in [0, 0.05) is 16.4 Å². The van der Waals surface area contributed by atoms with Crippen molar-refractivity contribution in [3.63, 3.8) is 0 Å². The molecule has 1 N–H and O–H groups in total. The number of anilines is 1. The lowest BCUT2D eigenvalue weighted by atomic mass is 10.2. The van der Waals surface area contributed by atoms with Crippen LogP contribution in [0.4, 0.5) is 10.1 Å². The van der Waals surface area contributed by atoms with Gasteiger partial charge in [-0.05, 0) is 53.2 Å². The van der Waals surface area contributed by atoms with Gasteiger partial charge in [0.15, 0.2) is 0 Å². The summed E-state index contributed by atoms with van der Waals surface area (Å²) in [4.78, 5) is 16.0. The van der Waals surface area contributed by atoms with Gasteiger partial charge in [-0.25, -0.2) is 4.39 Å². The van der Waals surface area contributed by atoms with Crippen LogP contribution in [-0.2, 0) is 0 Å². The number of halogens is 2. The maximum Gasteiger partial charge on any atom is 0.257 e. The molecule has 2 rings (SSSR count). The molecule has 92 valence electrons. The van der Waals surface area contributed by atoms with E-state index in [1.54, 1.807) is 31.3 Å². The quantitative estimate of drug-likeness (QED) is 0.922. The van der Waals surface area contributed by atoms with Crippen LogP contribution in [0.25, 0.3) is 0 Å². The van der Waals surface area contributed by atoms with E-state index in [1.165, 1.54) is 12.1 Å². The highest BCUT2D eigenvalue weighted by Crippen LogP contribution is 2.23. The molecule has 0 aliphatic carbocycles. The highest BCUT2D eigenvalue weighted by atomic mass is 79.9. The average Bonchev–Trinajstić information content (AvgIpc) is 2.34. The molecule has 0 bridgehead atoms. The minimum atomic E-state index is -0.406. The van der Waals surface area contributed by atoms with Gasteiger partial charge < -0.3 is 5.32 Å². The molecular weight excluding hydrogens is 299 g/mol. The number of hydrogen-bond donors (Lipinski definition) is 1. The van der Waals surface area contributed by atoms with E-state index in [9.17, 15) is 9.18 Å². The molecule has 0 unspecified atom stereocenters. The zero-order valence-electron chi connectivity index (χ0n) is 9.58. The minimum absolute atomic E-state index is 0.313. The third-order valence-corrected chi connectivity index (χ3v) is 3.12. The summed E-state index contributed by atoms with van der Waals surface area (Å²) in [5.41, 5.74) is 1.49. The molecule has 5 heteroatoms. The zero-order valence-corrected chi connectivity index (χ0v) is 11.2. The molecular formula is C13H10BrFN2O. The molecule has 3 nitrogen and oxygen atoms in total. The van der Waals surface area contributed by atoms with E-state index >= 15 is 0 Å². The predicted octanol–water partition coefficient (Wildman–Crippen LogP) is 3.54. The van der Waals surface area contributed by atoms with E-state index in [0.29, 0.717) is 21.4 Å². The van der Waals surface area contributed by atoms with Crippen molar-refractivity contribution in [1.82, 2.24) is 4.98 Å². The molecule has 1 aromatic heterocycles. The molecule has 0 spiro atoms. The fraction of sp³-hybridized carbons (Fsp3) is 0.0769. The number of nitrogens with zero attached hydrogens (tertiary/aromatic N) is 1. The van der Waals surface area contributed by atoms with Crippen LogP contribution in [0.3, 0.4) is 0 Å². The van der Waals surface area contributed by atoms with E-state index in [0.717, 1.165) is 0 Å². The van der Waals surface area contributed by atoms with E-state index in [4.69, 9.17) is 0 Å². The van der Waals surface area contributed by atoms with Crippen molar-refractivity contribution in [2.24, 2.45) is 0 Å². The van der Waals surface area contributed by atoms with Crippen LogP contribution in [0, 0.1) is 12.7 Å². The normalized spacial score (nSPS) is 10.2. The summed E-state index contributed by atoms with van der Waals surface area (Å²) in [6, 6.07) is 7.47. The van der Waals surface area contributed by atoms with Crippen LogP contribution in [0.1, 0.15) is 16.1 Å². The van der Waals surface area contributed by atoms with Crippen LogP contribution < -0.4 is 5.32 Å². The highest BCUT2D eigenvalue weighted by Gasteiger charge is 2.11. The average molecular weight is 309 g/mol. The number of carbonyl (C=O) groups is 1. The summed E-state index contributed by atoms with van der Waals surface area (Å²) < 4.78 is 13.7. The van der Waals surface area contributed by atoms with Crippen molar-refractivity contribution < 1.29 is 9.18 Å². The first-order chi connectivity index (χ1) is 8.58. The maximum atomic E-state index is 13.1. The SMILES string of the molecule is Cc1ncccc1C(=O)Nc1cc(F)ccc1Br. The lowest BCUT2D eigenvalue weighted by Crippen LogP contribution is -2.14. The van der Waals surface area contributed by atoms with Crippen LogP contribution in [0.2, 0.25) is 0 Å². The van der Waals surface area contributed by atoms with Gasteiger partial charge in [0.05, 0.1) is 11.3 Å². The van der Waals surface area contributed by atoms with Gasteiger partial charge in [-0.15, -0.1) is 0 Å². The van der Waals surface area contributed by atoms with E-state index in [2.05, 4.69) is 26.2 Å². The number of pyridine rings is 1. The van der Waals surface area contributed by atoms with Gasteiger partial charge >= 0.3 is 0 Å². The molecule has 1 amide bonds. The Morgan fingerprint density at radius 3 is 2.89 bits per heavy atom. The zero-order chi connectivity index (χ0) is 13.1. The number of hydrogen-bond acceptors (Lipinski definition) is 2. The Labute approximate surface area is 112 Å². The summed E-state index contributed by atoms with van der Waals surface area (Å²) in [5.74, 6) is -0.719. The monoisotopic (exact) mass is 308 g/mol. The van der Waals surface area contributed by atoms with Crippen molar-refractivity contribution in [2.75, 3.05) is 5.32 Å². The Morgan fingerprint density at radius 1 is 1.39 bits per heavy atom. The molecule has 0 atom stereocenters. The first-order valence-corrected chi connectivity index (χ1v) is 6.05. The van der Waals surface area contributed by atoms with Crippen molar-refractivity contribution in [1.29, 1.82) is 0 Å². The molecule has 0 radical (unpaired) electrons. The number of nitrogens with one attached hydrogen (secondary N) is 1. The first kappa shape index (κ1) is 12.7. The maximum absolute atomic E-state index is 13.1. The molecule has 2 aromatic rings. The van der Waals surface area contributed by atoms with Crippen molar-refractivity contribution in [3.8, 4) is 0 Å². The van der Waals surface area contributed by atoms with Crippen molar-refractivity contribution in [3.05, 3.63) is 58.1 Å². The van der Waals surface area contributed by atoms with Gasteiger partial charge in [0.25, 0.3) is 5.91 Å². The Kier molecular flexibility index (Phi) is 3.72. The largest absolute Gasteiger partial charge is 0.321 e. The van der Waals surface area contributed by atoms with Gasteiger partial charge in [-0.1, -0.05) is 0 Å². The lowest BCUT2D eigenvalue weighted by molar-refractivity contribution is 0.102. The molecule has 1 heterocycles. The number of aryl methyl sites for hydroxylation is 1. The van der Waals surface area contributed by atoms with Crippen molar-refractivity contribution >= 4 is 27.5 Å². The number of carbonyl (C=O) groups excluding carboxylic acids is 1. The van der Waals surface area contributed by atoms with Crippen LogP contribution >= 0.6 is 15.9 Å². The number of benzene rings is 1. The molecule has 1 aromatic carbocycles. The fourth-order valence-corrected chi connectivity index (χ4v) is 1.85. The summed E-state index contributed by atoms with van der Waals surface area (Å²) in [5, 5.41) is 2.64. The molecule has 18 heavy (non-hydrogen) atoms. The predicted molar refractivity (Wildman–Crippen MR) is 71.0 cm³/mol. The summed E-state index contributed by atoms with van der Waals surface area (Å²) in [6.07, 6.45) is 1.62. The Hall–Kier alpha value is -1.75. The first-order valence-electron chi connectivity index (χ1n) is 5.26. The van der Waals surface area contributed by atoms with Crippen LogP contribution in [0.5, 0.6) is 0 Å². The third kappa shape index (κ3) is 2.73. The molecule has 0 saturated heterocycles. The lowest BCUT2D eigenvalue weighted by Gasteiger charge is -2.08. The summed E-state index contributed by atoms with van der Waals surface area (Å²) in [7, 11) is 0. The fourth-order valence-electron chi connectivity index (χ4n) is 1.51. The Bertz CT molecular complexity index is 601. The van der Waals surface area contributed by atoms with Crippen LogP contribution in [0.15, 0.2) is 41.0 Å². The minimum Gasteiger partial charge on any atom is -0.321 e. The molecule has 0 aliphatic rings. The van der Waals surface area contributed by atoms with E-state index < -0.39 is 5.82 Å². The van der Waals surface area contributed by atoms with E-state index in [-0.39, 0.29) is 5.91 Å². The molecule has 0 aliphatic heterocycles. The topological polar surface area (TPSA) is 42.0 Å². The van der Waals surface area contributed by atoms with Gasteiger partial charge in [0.2, 0.25) is 0 Å². The Balaban J connectivity index is 2.27. The smallest absolute Gasteiger partial charge is 0.257 e. The van der Waals surface area contributed by atoms with Crippen LogP contribution in [-0.4, -0.2) is 10.9 Å². The summed E-state index contributed by atoms with van der Waals surface area (Å²) >= 11 is 3.25. The standard InChI is InChI=1S/C13H10BrFN2O/c1-8-10(3-2-6-16-8)13(18)17-12-7-9(15)4-5-11(12)14/h2-7H,1H3,(H,17,18). The van der Waals surface area contributed by atoms with E-state index in [1.807, 2.05) is 0 Å². The third-order valence-electron chi connectivity index (χ3n) is 2.43. The number of rotatable bonds is 2.